The van der Waals surface area contributed by atoms with Gasteiger partial charge >= 0.3 is 0 Å². The minimum atomic E-state index is -2.88. The van der Waals surface area contributed by atoms with Crippen LogP contribution in [0.1, 0.15) is 44.9 Å². The fourth-order valence-corrected chi connectivity index (χ4v) is 7.57. The minimum Gasteiger partial charge on any atom is -0.289 e. The van der Waals surface area contributed by atoms with Gasteiger partial charge in [-0.05, 0) is 50.7 Å². The van der Waals surface area contributed by atoms with Crippen LogP contribution in [-0.4, -0.2) is 74.0 Å². The van der Waals surface area contributed by atoms with Crippen LogP contribution in [0.15, 0.2) is 0 Å². The number of sulfone groups is 1. The molecule has 3 saturated heterocycles. The molecule has 1 saturated carbocycles. The molecule has 0 amide bonds. The molecule has 3 heterocycles. The van der Waals surface area contributed by atoms with Crippen molar-refractivity contribution >= 4 is 21.6 Å². The quantitative estimate of drug-likeness (QED) is 0.632. The topological polar surface area (TPSA) is 73.5 Å². The van der Waals surface area contributed by atoms with Crippen molar-refractivity contribution < 1.29 is 8.42 Å². The van der Waals surface area contributed by atoms with Crippen molar-refractivity contribution in [2.75, 3.05) is 31.6 Å². The van der Waals surface area contributed by atoms with Crippen molar-refractivity contribution in [3.05, 3.63) is 0 Å². The summed E-state index contributed by atoms with van der Waals surface area (Å²) in [7, 11) is -2.88. The zero-order valence-corrected chi connectivity index (χ0v) is 17.5. The van der Waals surface area contributed by atoms with E-state index in [1.54, 1.807) is 0 Å². The number of rotatable bonds is 5. The zero-order chi connectivity index (χ0) is 18.1. The van der Waals surface area contributed by atoms with E-state index in [0.29, 0.717) is 18.1 Å². The maximum Gasteiger partial charge on any atom is 0.150 e. The normalized spacial score (nSPS) is 42.0. The summed E-state index contributed by atoms with van der Waals surface area (Å²) in [4.78, 5) is 2.64. The van der Waals surface area contributed by atoms with Crippen LogP contribution in [-0.2, 0) is 9.84 Å². The molecule has 3 aliphatic heterocycles. The number of fused-ring (bicyclic) bond motifs is 1. The Balaban J connectivity index is 1.29. The van der Waals surface area contributed by atoms with E-state index >= 15 is 0 Å². The first-order chi connectivity index (χ1) is 12.5. The van der Waals surface area contributed by atoms with Crippen molar-refractivity contribution in [3.63, 3.8) is 0 Å². The molecular formula is C18H34N4O2S2. The van der Waals surface area contributed by atoms with Gasteiger partial charge in [0.25, 0.3) is 0 Å². The number of hydrogen-bond acceptors (Lipinski definition) is 7. The monoisotopic (exact) mass is 402 g/mol. The third kappa shape index (κ3) is 4.41. The number of thioether (sulfide) groups is 1. The molecule has 4 fully saturated rings. The summed E-state index contributed by atoms with van der Waals surface area (Å²) in [5.41, 5.74) is 0. The van der Waals surface area contributed by atoms with Gasteiger partial charge in [0.2, 0.25) is 0 Å². The van der Waals surface area contributed by atoms with Crippen LogP contribution in [0.25, 0.3) is 0 Å². The largest absolute Gasteiger partial charge is 0.289 e. The van der Waals surface area contributed by atoms with Gasteiger partial charge in [0.1, 0.15) is 16.1 Å². The Kier molecular flexibility index (Phi) is 6.17. The number of nitrogens with zero attached hydrogens (tertiary/aromatic N) is 1. The second-order valence-electron chi connectivity index (χ2n) is 8.54. The summed E-state index contributed by atoms with van der Waals surface area (Å²) in [6, 6.07) is 0.541. The summed E-state index contributed by atoms with van der Waals surface area (Å²) in [6.07, 6.45) is 9.67. The van der Waals surface area contributed by atoms with Gasteiger partial charge in [-0.1, -0.05) is 0 Å². The van der Waals surface area contributed by atoms with Crippen LogP contribution in [0.4, 0.5) is 0 Å². The third-order valence-electron chi connectivity index (χ3n) is 6.78. The Bertz CT molecular complexity index is 574. The molecule has 150 valence electrons. The van der Waals surface area contributed by atoms with Gasteiger partial charge in [0.05, 0.1) is 11.4 Å². The first kappa shape index (κ1) is 19.5. The SMILES string of the molecule is CS(=O)(=O)C1CCC(N2CCC3CNC(NCC4CCCS4)NC32)CC1. The zero-order valence-electron chi connectivity index (χ0n) is 15.8. The molecule has 26 heavy (non-hydrogen) atoms. The fourth-order valence-electron chi connectivity index (χ4n) is 5.23. The standard InChI is InChI=1S/C18H34N4O2S2/c1-26(23,24)16-6-4-14(5-7-16)22-9-8-13-11-19-18(21-17(13)22)20-12-15-3-2-10-25-15/h13-21H,2-12H2,1H3. The van der Waals surface area contributed by atoms with Crippen molar-refractivity contribution in [1.82, 2.24) is 20.9 Å². The van der Waals surface area contributed by atoms with Crippen molar-refractivity contribution in [2.24, 2.45) is 5.92 Å². The van der Waals surface area contributed by atoms with Gasteiger partial charge in [0, 0.05) is 43.1 Å². The van der Waals surface area contributed by atoms with Crippen LogP contribution in [0.5, 0.6) is 0 Å². The highest BCUT2D eigenvalue weighted by molar-refractivity contribution is 8.00. The highest BCUT2D eigenvalue weighted by atomic mass is 32.2. The van der Waals surface area contributed by atoms with Crippen molar-refractivity contribution in [3.8, 4) is 0 Å². The number of nitrogens with one attached hydrogen (secondary N) is 3. The Morgan fingerprint density at radius 1 is 1.15 bits per heavy atom. The fraction of sp³-hybridized carbons (Fsp3) is 1.00. The summed E-state index contributed by atoms with van der Waals surface area (Å²) in [5, 5.41) is 11.8. The van der Waals surface area contributed by atoms with E-state index in [2.05, 4.69) is 32.6 Å². The second kappa shape index (κ2) is 8.25. The van der Waals surface area contributed by atoms with Gasteiger partial charge in [-0.2, -0.15) is 11.8 Å². The van der Waals surface area contributed by atoms with Crippen LogP contribution in [0, 0.1) is 5.92 Å². The summed E-state index contributed by atoms with van der Waals surface area (Å²) >= 11 is 2.10. The molecule has 0 bridgehead atoms. The van der Waals surface area contributed by atoms with E-state index in [9.17, 15) is 8.42 Å². The van der Waals surface area contributed by atoms with E-state index in [4.69, 9.17) is 0 Å². The first-order valence-electron chi connectivity index (χ1n) is 10.3. The molecule has 8 heteroatoms. The molecule has 0 aromatic carbocycles. The van der Waals surface area contributed by atoms with Crippen LogP contribution >= 0.6 is 11.8 Å². The smallest absolute Gasteiger partial charge is 0.150 e. The predicted molar refractivity (Wildman–Crippen MR) is 108 cm³/mol. The lowest BCUT2D eigenvalue weighted by atomic mass is 9.93. The van der Waals surface area contributed by atoms with E-state index < -0.39 is 9.84 Å². The Labute approximate surface area is 162 Å². The van der Waals surface area contributed by atoms with Gasteiger partial charge in [-0.15, -0.1) is 0 Å². The van der Waals surface area contributed by atoms with E-state index in [-0.39, 0.29) is 11.5 Å². The Hall–Kier alpha value is 0.140. The van der Waals surface area contributed by atoms with Gasteiger partial charge in [-0.3, -0.25) is 20.9 Å². The molecule has 0 radical (unpaired) electrons. The summed E-state index contributed by atoms with van der Waals surface area (Å²) in [5.74, 6) is 1.98. The molecule has 0 aromatic rings. The molecule has 3 N–H and O–H groups in total. The maximum atomic E-state index is 11.8. The molecule has 1 aliphatic carbocycles. The molecule has 4 atom stereocenters. The number of likely N-dealkylation sites (tertiary alicyclic amines) is 1. The highest BCUT2D eigenvalue weighted by Crippen LogP contribution is 2.34. The summed E-state index contributed by atoms with van der Waals surface area (Å²) in [6.45, 7) is 3.29. The van der Waals surface area contributed by atoms with Crippen LogP contribution in [0.3, 0.4) is 0 Å². The lowest BCUT2D eigenvalue weighted by molar-refractivity contribution is 0.0675. The van der Waals surface area contributed by atoms with E-state index in [0.717, 1.165) is 50.6 Å². The number of hydrogen-bond donors (Lipinski definition) is 3. The van der Waals surface area contributed by atoms with E-state index in [1.807, 2.05) is 0 Å². The third-order valence-corrected chi connectivity index (χ3v) is 9.86. The van der Waals surface area contributed by atoms with Crippen molar-refractivity contribution in [1.29, 1.82) is 0 Å². The molecule has 4 unspecified atom stereocenters. The van der Waals surface area contributed by atoms with Gasteiger partial charge < -0.3 is 0 Å². The lowest BCUT2D eigenvalue weighted by Crippen LogP contribution is -2.67. The van der Waals surface area contributed by atoms with Crippen LogP contribution < -0.4 is 16.0 Å². The molecule has 6 nitrogen and oxygen atoms in total. The minimum absolute atomic E-state index is 0.114. The average Bonchev–Trinajstić information content (AvgIpc) is 3.28. The molecule has 0 aromatic heterocycles. The molecular weight excluding hydrogens is 368 g/mol. The molecule has 4 rings (SSSR count). The Morgan fingerprint density at radius 3 is 2.65 bits per heavy atom. The lowest BCUT2D eigenvalue weighted by Gasteiger charge is -2.43. The highest BCUT2D eigenvalue weighted by Gasteiger charge is 2.42. The van der Waals surface area contributed by atoms with E-state index in [1.165, 1.54) is 31.3 Å². The maximum absolute atomic E-state index is 11.8. The average molecular weight is 403 g/mol. The first-order valence-corrected chi connectivity index (χ1v) is 13.3. The molecule has 0 spiro atoms. The predicted octanol–water partition coefficient (Wildman–Crippen LogP) is 0.952. The Morgan fingerprint density at radius 2 is 1.96 bits per heavy atom. The van der Waals surface area contributed by atoms with Crippen molar-refractivity contribution in [2.45, 2.75) is 73.9 Å². The van der Waals surface area contributed by atoms with Crippen LogP contribution in [0.2, 0.25) is 0 Å². The van der Waals surface area contributed by atoms with Gasteiger partial charge in [0.15, 0.2) is 0 Å². The van der Waals surface area contributed by atoms with Gasteiger partial charge in [-0.25, -0.2) is 8.42 Å². The summed E-state index contributed by atoms with van der Waals surface area (Å²) < 4.78 is 23.6. The molecule has 4 aliphatic rings. The second-order valence-corrected chi connectivity index (χ2v) is 12.3.